The summed E-state index contributed by atoms with van der Waals surface area (Å²) >= 11 is 4.80. The molecule has 1 aliphatic carbocycles. The van der Waals surface area contributed by atoms with E-state index in [0.29, 0.717) is 0 Å². The molecule has 18 heavy (non-hydrogen) atoms. The maximum atomic E-state index is 5.44. The van der Waals surface area contributed by atoms with Gasteiger partial charge in [0.25, 0.3) is 0 Å². The molecule has 0 bridgehead atoms. The van der Waals surface area contributed by atoms with Crippen molar-refractivity contribution in [3.05, 3.63) is 34.4 Å². The van der Waals surface area contributed by atoms with Crippen molar-refractivity contribution in [1.29, 1.82) is 0 Å². The van der Waals surface area contributed by atoms with Crippen molar-refractivity contribution in [3.63, 3.8) is 0 Å². The van der Waals surface area contributed by atoms with E-state index in [0.717, 1.165) is 25.0 Å². The molecule has 0 fully saturated rings. The number of aryl methyl sites for hydroxylation is 3. The van der Waals surface area contributed by atoms with Crippen molar-refractivity contribution in [2.24, 2.45) is 10.8 Å². The first-order valence-corrected chi connectivity index (χ1v) is 6.71. The second kappa shape index (κ2) is 5.48. The molecule has 0 aromatic heterocycles. The zero-order chi connectivity index (χ0) is 13.1. The molecule has 3 nitrogen and oxygen atoms in total. The fourth-order valence-electron chi connectivity index (χ4n) is 2.33. The zero-order valence-corrected chi connectivity index (χ0v) is 11.7. The molecule has 0 heterocycles. The van der Waals surface area contributed by atoms with E-state index in [1.165, 1.54) is 28.7 Å². The minimum Gasteiger partial charge on any atom is -0.375 e. The van der Waals surface area contributed by atoms with Crippen molar-refractivity contribution in [2.75, 3.05) is 0 Å². The Kier molecular flexibility index (Phi) is 3.97. The molecule has 0 spiro atoms. The fourth-order valence-corrected chi connectivity index (χ4v) is 2.38. The SMILES string of the molecule is Cc1cc2c(cc1C)/C(=N/NC(N)=S)CCCC2. The second-order valence-electron chi connectivity index (χ2n) is 4.84. The summed E-state index contributed by atoms with van der Waals surface area (Å²) in [5, 5.41) is 4.57. The third kappa shape index (κ3) is 2.88. The third-order valence-corrected chi connectivity index (χ3v) is 3.53. The van der Waals surface area contributed by atoms with Crippen molar-refractivity contribution in [2.45, 2.75) is 39.5 Å². The average molecular weight is 261 g/mol. The molecule has 4 heteroatoms. The van der Waals surface area contributed by atoms with Gasteiger partial charge in [0.15, 0.2) is 5.11 Å². The van der Waals surface area contributed by atoms with Crippen LogP contribution in [-0.2, 0) is 6.42 Å². The van der Waals surface area contributed by atoms with E-state index < -0.39 is 0 Å². The molecule has 0 unspecified atom stereocenters. The van der Waals surface area contributed by atoms with Gasteiger partial charge in [-0.05, 0) is 74.5 Å². The number of nitrogens with two attached hydrogens (primary N) is 1. The lowest BCUT2D eigenvalue weighted by molar-refractivity contribution is 0.773. The number of nitrogens with zero attached hydrogens (tertiary/aromatic N) is 1. The van der Waals surface area contributed by atoms with E-state index in [1.54, 1.807) is 0 Å². The van der Waals surface area contributed by atoms with Crippen LogP contribution in [0.5, 0.6) is 0 Å². The Bertz CT molecular complexity index is 506. The van der Waals surface area contributed by atoms with Crippen molar-refractivity contribution < 1.29 is 0 Å². The Hall–Kier alpha value is -1.42. The van der Waals surface area contributed by atoms with Crippen LogP contribution < -0.4 is 11.2 Å². The monoisotopic (exact) mass is 261 g/mol. The molecule has 0 amide bonds. The van der Waals surface area contributed by atoms with Crippen LogP contribution in [0.15, 0.2) is 17.2 Å². The van der Waals surface area contributed by atoms with E-state index >= 15 is 0 Å². The van der Waals surface area contributed by atoms with Crippen LogP contribution in [-0.4, -0.2) is 10.8 Å². The second-order valence-corrected chi connectivity index (χ2v) is 5.28. The first-order valence-electron chi connectivity index (χ1n) is 6.30. The Labute approximate surface area is 113 Å². The Morgan fingerprint density at radius 2 is 1.89 bits per heavy atom. The highest BCUT2D eigenvalue weighted by Gasteiger charge is 2.15. The molecule has 3 N–H and O–H groups in total. The smallest absolute Gasteiger partial charge is 0.184 e. The summed E-state index contributed by atoms with van der Waals surface area (Å²) in [4.78, 5) is 0. The maximum Gasteiger partial charge on any atom is 0.184 e. The topological polar surface area (TPSA) is 50.4 Å². The first kappa shape index (κ1) is 13.0. The number of hydrogen-bond donors (Lipinski definition) is 2. The largest absolute Gasteiger partial charge is 0.375 e. The Morgan fingerprint density at radius 1 is 1.22 bits per heavy atom. The fraction of sp³-hybridized carbons (Fsp3) is 0.429. The number of hydrogen-bond acceptors (Lipinski definition) is 2. The maximum absolute atomic E-state index is 5.44. The van der Waals surface area contributed by atoms with Gasteiger partial charge in [-0.1, -0.05) is 6.07 Å². The predicted molar refractivity (Wildman–Crippen MR) is 79.9 cm³/mol. The predicted octanol–water partition coefficient (Wildman–Crippen LogP) is 2.57. The summed E-state index contributed by atoms with van der Waals surface area (Å²) in [6.45, 7) is 4.30. The lowest BCUT2D eigenvalue weighted by Gasteiger charge is -2.11. The van der Waals surface area contributed by atoms with E-state index in [1.807, 2.05) is 0 Å². The van der Waals surface area contributed by atoms with E-state index in [4.69, 9.17) is 18.0 Å². The number of thiocarbonyl (C=S) groups is 1. The Balaban J connectivity index is 2.43. The van der Waals surface area contributed by atoms with Gasteiger partial charge in [-0.3, -0.25) is 5.43 Å². The molecule has 0 saturated carbocycles. The van der Waals surface area contributed by atoms with Crippen LogP contribution in [0.25, 0.3) is 0 Å². The van der Waals surface area contributed by atoms with Gasteiger partial charge in [-0.15, -0.1) is 0 Å². The van der Waals surface area contributed by atoms with Gasteiger partial charge in [0.2, 0.25) is 0 Å². The number of benzene rings is 1. The molecule has 0 aliphatic heterocycles. The molecule has 1 aromatic carbocycles. The number of rotatable bonds is 1. The quantitative estimate of drug-likeness (QED) is 0.464. The number of fused-ring (bicyclic) bond motifs is 1. The molecule has 0 radical (unpaired) electrons. The minimum atomic E-state index is 0.220. The lowest BCUT2D eigenvalue weighted by atomic mass is 9.96. The van der Waals surface area contributed by atoms with Gasteiger partial charge >= 0.3 is 0 Å². The summed E-state index contributed by atoms with van der Waals surface area (Å²) < 4.78 is 0. The molecular weight excluding hydrogens is 242 g/mol. The van der Waals surface area contributed by atoms with Crippen molar-refractivity contribution in [1.82, 2.24) is 5.43 Å². The summed E-state index contributed by atoms with van der Waals surface area (Å²) in [5.74, 6) is 0. The van der Waals surface area contributed by atoms with Gasteiger partial charge in [0.05, 0.1) is 5.71 Å². The van der Waals surface area contributed by atoms with Gasteiger partial charge in [-0.2, -0.15) is 5.10 Å². The Morgan fingerprint density at radius 3 is 2.61 bits per heavy atom. The van der Waals surface area contributed by atoms with Crippen LogP contribution in [0.4, 0.5) is 0 Å². The normalized spacial score (nSPS) is 17.1. The summed E-state index contributed by atoms with van der Waals surface area (Å²) in [5.41, 5.74) is 14.5. The van der Waals surface area contributed by atoms with E-state index in [2.05, 4.69) is 36.5 Å². The standard InChI is InChI=1S/C14H19N3S/c1-9-7-11-5-3-4-6-13(16-17-14(15)18)12(11)8-10(9)2/h7-8H,3-6H2,1-2H3,(H3,15,17,18)/b16-13+. The lowest BCUT2D eigenvalue weighted by Crippen LogP contribution is -2.25. The first-order chi connectivity index (χ1) is 8.58. The van der Waals surface area contributed by atoms with Crippen LogP contribution in [0.2, 0.25) is 0 Å². The molecule has 2 rings (SSSR count). The van der Waals surface area contributed by atoms with Gasteiger partial charge in [0.1, 0.15) is 0 Å². The minimum absolute atomic E-state index is 0.220. The summed E-state index contributed by atoms with van der Waals surface area (Å²) in [6, 6.07) is 4.52. The van der Waals surface area contributed by atoms with Crippen LogP contribution in [0.1, 0.15) is 41.5 Å². The van der Waals surface area contributed by atoms with E-state index in [-0.39, 0.29) is 5.11 Å². The number of hydrazone groups is 1. The van der Waals surface area contributed by atoms with Crippen LogP contribution >= 0.6 is 12.2 Å². The highest BCUT2D eigenvalue weighted by Crippen LogP contribution is 2.24. The molecule has 1 aromatic rings. The highest BCUT2D eigenvalue weighted by molar-refractivity contribution is 7.80. The van der Waals surface area contributed by atoms with E-state index in [9.17, 15) is 0 Å². The van der Waals surface area contributed by atoms with Gasteiger partial charge < -0.3 is 5.73 Å². The summed E-state index contributed by atoms with van der Waals surface area (Å²) in [7, 11) is 0. The molecule has 0 saturated heterocycles. The van der Waals surface area contributed by atoms with Gasteiger partial charge in [-0.25, -0.2) is 0 Å². The zero-order valence-electron chi connectivity index (χ0n) is 10.9. The van der Waals surface area contributed by atoms with Crippen LogP contribution in [0, 0.1) is 13.8 Å². The molecule has 1 aliphatic rings. The van der Waals surface area contributed by atoms with Gasteiger partial charge in [0, 0.05) is 5.56 Å². The molecule has 0 atom stereocenters. The van der Waals surface area contributed by atoms with Crippen molar-refractivity contribution >= 4 is 23.0 Å². The average Bonchev–Trinajstić information content (AvgIpc) is 2.50. The van der Waals surface area contributed by atoms with Crippen molar-refractivity contribution in [3.8, 4) is 0 Å². The van der Waals surface area contributed by atoms with Crippen LogP contribution in [0.3, 0.4) is 0 Å². The molecular formula is C14H19N3S. The number of nitrogens with one attached hydrogen (secondary N) is 1. The third-order valence-electron chi connectivity index (χ3n) is 3.44. The highest BCUT2D eigenvalue weighted by atomic mass is 32.1. The summed E-state index contributed by atoms with van der Waals surface area (Å²) in [6.07, 6.45) is 4.47. The molecule has 96 valence electrons.